The zero-order valence-electron chi connectivity index (χ0n) is 37.2. The van der Waals surface area contributed by atoms with Crippen LogP contribution >= 0.6 is 0 Å². The highest BCUT2D eigenvalue weighted by Gasteiger charge is 2.46. The van der Waals surface area contributed by atoms with E-state index in [9.17, 15) is 33.6 Å². The quantitative estimate of drug-likeness (QED) is 0.0507. The van der Waals surface area contributed by atoms with Gasteiger partial charge in [0, 0.05) is 24.5 Å². The number of benzene rings is 2. The molecule has 62 heavy (non-hydrogen) atoms. The summed E-state index contributed by atoms with van der Waals surface area (Å²) in [5.74, 6) is -4.75. The fraction of sp³-hybridized carbons (Fsp3) is 0.511. The molecule has 0 aromatic heterocycles. The molecule has 3 N–H and O–H groups in total. The number of imide groups is 1. The van der Waals surface area contributed by atoms with Crippen LogP contribution < -0.4 is 16.0 Å². The third-order valence-electron chi connectivity index (χ3n) is 9.47. The van der Waals surface area contributed by atoms with E-state index in [1.807, 2.05) is 13.8 Å². The topological polar surface area (TPSA) is 217 Å². The van der Waals surface area contributed by atoms with Crippen molar-refractivity contribution in [2.24, 2.45) is 10.9 Å². The Balaban J connectivity index is 1.76. The average molecular weight is 862 g/mol. The Hall–Kier alpha value is -6.10. The number of esters is 2. The first-order valence-electron chi connectivity index (χ1n) is 20.7. The van der Waals surface area contributed by atoms with Gasteiger partial charge in [-0.05, 0) is 78.5 Å². The van der Waals surface area contributed by atoms with Crippen LogP contribution in [0.5, 0.6) is 0 Å². The second-order valence-electron chi connectivity index (χ2n) is 17.3. The monoisotopic (exact) mass is 861 g/mol. The summed E-state index contributed by atoms with van der Waals surface area (Å²) in [6, 6.07) is 10.9. The van der Waals surface area contributed by atoms with Crippen LogP contribution in [0.25, 0.3) is 0 Å². The van der Waals surface area contributed by atoms with Crippen molar-refractivity contribution in [3.63, 3.8) is 0 Å². The molecule has 2 aliphatic rings. The average Bonchev–Trinajstić information content (AvgIpc) is 3.41. The van der Waals surface area contributed by atoms with Crippen molar-refractivity contribution in [3.8, 4) is 0 Å². The molecule has 0 saturated heterocycles. The van der Waals surface area contributed by atoms with Gasteiger partial charge in [0.05, 0.1) is 35.4 Å². The molecule has 1 heterocycles. The molecule has 0 bridgehead atoms. The highest BCUT2D eigenvalue weighted by atomic mass is 16.7. The number of aliphatic imine (C=N–C) groups is 1. The molecule has 0 spiro atoms. The summed E-state index contributed by atoms with van der Waals surface area (Å²) in [6.07, 6.45) is -2.54. The largest absolute Gasteiger partial charge is 0.444 e. The van der Waals surface area contributed by atoms with Crippen molar-refractivity contribution in [2.45, 2.75) is 143 Å². The standard InChI is InChI=1S/C45H59N5O12/c1-12-29(13-2)58-33-24-28(23-32(34(33)46-26(5)51)47-41(48-42(56)61-44(6,7)8)49-43(57)62-45(9,10)11)38(54)59-40(27-19-15-14-16-20-27)60-39(55)35(25(3)4)50-36(52)30-21-17-18-22-31(30)37(50)53/h14-22,24-25,29,32-35,40H,12-13,23H2,1-11H3,(H,46,51)(H2,47,48,49,56,57)/t32-,33+,34+,35?,40?/m0/s1. The van der Waals surface area contributed by atoms with Gasteiger partial charge in [-0.15, -0.1) is 0 Å². The van der Waals surface area contributed by atoms with Crippen LogP contribution in [-0.4, -0.2) is 94.2 Å². The van der Waals surface area contributed by atoms with E-state index in [4.69, 9.17) is 23.7 Å². The smallest absolute Gasteiger partial charge is 0.414 e. The minimum atomic E-state index is -1.67. The molecule has 0 radical (unpaired) electrons. The lowest BCUT2D eigenvalue weighted by Crippen LogP contribution is -2.55. The number of rotatable bonds is 13. The van der Waals surface area contributed by atoms with Crippen molar-refractivity contribution in [3.05, 3.63) is 82.9 Å². The summed E-state index contributed by atoms with van der Waals surface area (Å²) in [4.78, 5) is 99.8. The zero-order valence-corrected chi connectivity index (χ0v) is 37.2. The van der Waals surface area contributed by atoms with Gasteiger partial charge < -0.3 is 29.0 Å². The number of guanidine groups is 1. The first-order valence-corrected chi connectivity index (χ1v) is 20.7. The van der Waals surface area contributed by atoms with Gasteiger partial charge in [-0.3, -0.25) is 29.9 Å². The highest BCUT2D eigenvalue weighted by Crippen LogP contribution is 2.32. The third kappa shape index (κ3) is 13.2. The van der Waals surface area contributed by atoms with Gasteiger partial charge in [0.15, 0.2) is 0 Å². The van der Waals surface area contributed by atoms with E-state index in [2.05, 4.69) is 20.9 Å². The number of ether oxygens (including phenoxy) is 5. The van der Waals surface area contributed by atoms with E-state index >= 15 is 0 Å². The van der Waals surface area contributed by atoms with Gasteiger partial charge in [-0.1, -0.05) is 70.2 Å². The number of alkyl carbamates (subject to hydrolysis) is 2. The van der Waals surface area contributed by atoms with Crippen LogP contribution in [0.15, 0.2) is 71.2 Å². The Bertz CT molecular complexity index is 1980. The molecule has 17 nitrogen and oxygen atoms in total. The molecular weight excluding hydrogens is 803 g/mol. The molecule has 0 fully saturated rings. The number of carbonyl (C=O) groups is 7. The van der Waals surface area contributed by atoms with Crippen LogP contribution in [0.2, 0.25) is 0 Å². The summed E-state index contributed by atoms with van der Waals surface area (Å²) < 4.78 is 29.1. The molecule has 5 amide bonds. The van der Waals surface area contributed by atoms with E-state index in [-0.39, 0.29) is 34.8 Å². The second-order valence-corrected chi connectivity index (χ2v) is 17.3. The number of fused-ring (bicyclic) bond motifs is 1. The molecule has 2 unspecified atom stereocenters. The first-order chi connectivity index (χ1) is 29.0. The van der Waals surface area contributed by atoms with Crippen molar-refractivity contribution in [2.75, 3.05) is 0 Å². The predicted molar refractivity (Wildman–Crippen MR) is 226 cm³/mol. The Morgan fingerprint density at radius 2 is 1.31 bits per heavy atom. The molecule has 1 aliphatic carbocycles. The van der Waals surface area contributed by atoms with E-state index < -0.39 is 95.4 Å². The minimum absolute atomic E-state index is 0.0112. The lowest BCUT2D eigenvalue weighted by atomic mass is 9.87. The van der Waals surface area contributed by atoms with Gasteiger partial charge in [0.25, 0.3) is 18.1 Å². The molecule has 2 aromatic carbocycles. The van der Waals surface area contributed by atoms with Crippen LogP contribution in [0.3, 0.4) is 0 Å². The number of hydrogen-bond acceptors (Lipinski definition) is 13. The maximum absolute atomic E-state index is 14.4. The summed E-state index contributed by atoms with van der Waals surface area (Å²) >= 11 is 0. The van der Waals surface area contributed by atoms with Gasteiger partial charge in [0.1, 0.15) is 17.2 Å². The van der Waals surface area contributed by atoms with E-state index in [1.165, 1.54) is 25.1 Å². The molecule has 0 saturated carbocycles. The fourth-order valence-corrected chi connectivity index (χ4v) is 6.78. The Kier molecular flexibility index (Phi) is 16.2. The molecule has 336 valence electrons. The fourth-order valence-electron chi connectivity index (χ4n) is 6.78. The molecule has 2 aromatic rings. The van der Waals surface area contributed by atoms with Crippen molar-refractivity contribution >= 4 is 47.8 Å². The van der Waals surface area contributed by atoms with Crippen LogP contribution in [0.1, 0.15) is 128 Å². The summed E-state index contributed by atoms with van der Waals surface area (Å²) in [7, 11) is 0. The van der Waals surface area contributed by atoms with E-state index in [0.717, 1.165) is 4.90 Å². The van der Waals surface area contributed by atoms with Gasteiger partial charge in [0.2, 0.25) is 11.9 Å². The molecule has 5 atom stereocenters. The third-order valence-corrected chi connectivity index (χ3v) is 9.47. The zero-order chi connectivity index (χ0) is 46.1. The number of nitrogens with one attached hydrogen (secondary N) is 3. The molecule has 17 heteroatoms. The molecular formula is C45H59N5O12. The number of hydrogen-bond donors (Lipinski definition) is 3. The van der Waals surface area contributed by atoms with Crippen molar-refractivity contribution < 1.29 is 57.2 Å². The molecule has 4 rings (SSSR count). The Morgan fingerprint density at radius 3 is 1.77 bits per heavy atom. The van der Waals surface area contributed by atoms with Crippen LogP contribution in [-0.2, 0) is 38.1 Å². The minimum Gasteiger partial charge on any atom is -0.444 e. The summed E-state index contributed by atoms with van der Waals surface area (Å²) in [5, 5.41) is 7.74. The number of amides is 5. The predicted octanol–water partition coefficient (Wildman–Crippen LogP) is 6.28. The van der Waals surface area contributed by atoms with Crippen LogP contribution in [0.4, 0.5) is 9.59 Å². The number of carbonyl (C=O) groups excluding carboxylic acids is 7. The van der Waals surface area contributed by atoms with E-state index in [1.54, 1.807) is 97.9 Å². The Labute approximate surface area is 362 Å². The summed E-state index contributed by atoms with van der Waals surface area (Å²) in [6.45, 7) is 18.3. The normalized spacial score (nSPS) is 18.5. The lowest BCUT2D eigenvalue weighted by Gasteiger charge is -2.37. The SMILES string of the molecule is CCC(CC)O[C@@H]1C=C(C(=O)OC(OC(=O)C(C(C)C)N2C(=O)c3ccccc3C2=O)c2ccccc2)C[C@H](N=C(NC(=O)OC(C)(C)C)NC(=O)OC(C)(C)C)[C@H]1NC(C)=O. The summed E-state index contributed by atoms with van der Waals surface area (Å²) in [5.41, 5.74) is -1.32. The Morgan fingerprint density at radius 1 is 0.790 bits per heavy atom. The van der Waals surface area contributed by atoms with Crippen LogP contribution in [0, 0.1) is 5.92 Å². The first kappa shape index (κ1) is 48.6. The van der Waals surface area contributed by atoms with Gasteiger partial charge >= 0.3 is 24.1 Å². The second kappa shape index (κ2) is 20.6. The van der Waals surface area contributed by atoms with Crippen molar-refractivity contribution in [1.29, 1.82) is 0 Å². The van der Waals surface area contributed by atoms with Gasteiger partial charge in [-0.25, -0.2) is 24.2 Å². The van der Waals surface area contributed by atoms with Crippen molar-refractivity contribution in [1.82, 2.24) is 20.9 Å². The molecule has 1 aliphatic heterocycles. The number of nitrogens with zero attached hydrogens (tertiary/aromatic N) is 2. The van der Waals surface area contributed by atoms with E-state index in [0.29, 0.717) is 12.8 Å². The highest BCUT2D eigenvalue weighted by molar-refractivity contribution is 6.22. The maximum atomic E-state index is 14.4. The maximum Gasteiger partial charge on any atom is 0.414 e. The lowest BCUT2D eigenvalue weighted by molar-refractivity contribution is -0.191. The van der Waals surface area contributed by atoms with Gasteiger partial charge in [-0.2, -0.15) is 0 Å².